The van der Waals surface area contributed by atoms with E-state index in [4.69, 9.17) is 0 Å². The molecule has 21 heavy (non-hydrogen) atoms. The topological polar surface area (TPSA) is 41.1 Å². The van der Waals surface area contributed by atoms with E-state index in [1.165, 1.54) is 11.1 Å². The number of rotatable bonds is 5. The van der Waals surface area contributed by atoms with Crippen molar-refractivity contribution in [3.05, 3.63) is 35.4 Å². The maximum atomic E-state index is 12.3. The number of carbonyl (C=O) groups is 1. The SMILES string of the molecule is CCC(CC(=O)NC1CNCCC1C)c1ccc(C)cc1. The Labute approximate surface area is 128 Å². The van der Waals surface area contributed by atoms with Gasteiger partial charge in [-0.25, -0.2) is 0 Å². The predicted molar refractivity (Wildman–Crippen MR) is 87.4 cm³/mol. The summed E-state index contributed by atoms with van der Waals surface area (Å²) >= 11 is 0. The monoisotopic (exact) mass is 288 g/mol. The molecule has 1 amide bonds. The van der Waals surface area contributed by atoms with E-state index in [9.17, 15) is 4.79 Å². The van der Waals surface area contributed by atoms with E-state index in [-0.39, 0.29) is 11.9 Å². The van der Waals surface area contributed by atoms with Crippen molar-refractivity contribution in [1.82, 2.24) is 10.6 Å². The average Bonchev–Trinajstić information content (AvgIpc) is 2.48. The summed E-state index contributed by atoms with van der Waals surface area (Å²) in [5, 5.41) is 6.57. The number of hydrogen-bond acceptors (Lipinski definition) is 2. The van der Waals surface area contributed by atoms with E-state index in [1.807, 2.05) is 0 Å². The molecule has 3 nitrogen and oxygen atoms in total. The smallest absolute Gasteiger partial charge is 0.220 e. The van der Waals surface area contributed by atoms with Crippen LogP contribution in [0.2, 0.25) is 0 Å². The molecule has 1 aromatic carbocycles. The summed E-state index contributed by atoms with van der Waals surface area (Å²) in [5.41, 5.74) is 2.54. The molecular formula is C18H28N2O. The minimum atomic E-state index is 0.183. The molecule has 1 fully saturated rings. The minimum Gasteiger partial charge on any atom is -0.352 e. The number of amides is 1. The zero-order valence-electron chi connectivity index (χ0n) is 13.5. The molecule has 1 heterocycles. The quantitative estimate of drug-likeness (QED) is 0.874. The molecule has 0 bridgehead atoms. The highest BCUT2D eigenvalue weighted by molar-refractivity contribution is 5.77. The zero-order valence-corrected chi connectivity index (χ0v) is 13.5. The van der Waals surface area contributed by atoms with Gasteiger partial charge in [-0.1, -0.05) is 43.7 Å². The molecule has 0 radical (unpaired) electrons. The third-order valence-electron chi connectivity index (χ3n) is 4.65. The molecule has 1 aliphatic heterocycles. The van der Waals surface area contributed by atoms with Crippen molar-refractivity contribution in [2.24, 2.45) is 5.92 Å². The molecule has 0 aromatic heterocycles. The first-order chi connectivity index (χ1) is 10.1. The molecule has 116 valence electrons. The van der Waals surface area contributed by atoms with Gasteiger partial charge in [0.25, 0.3) is 0 Å². The van der Waals surface area contributed by atoms with Gasteiger partial charge in [0, 0.05) is 19.0 Å². The highest BCUT2D eigenvalue weighted by atomic mass is 16.1. The minimum absolute atomic E-state index is 0.183. The summed E-state index contributed by atoms with van der Waals surface area (Å²) < 4.78 is 0. The Hall–Kier alpha value is -1.35. The van der Waals surface area contributed by atoms with Gasteiger partial charge < -0.3 is 10.6 Å². The van der Waals surface area contributed by atoms with Gasteiger partial charge in [-0.3, -0.25) is 4.79 Å². The van der Waals surface area contributed by atoms with E-state index in [1.54, 1.807) is 0 Å². The first-order valence-electron chi connectivity index (χ1n) is 8.16. The standard InChI is InChI=1S/C18H28N2O/c1-4-15(16-7-5-13(2)6-8-16)11-18(21)20-17-12-19-10-9-14(17)3/h5-8,14-15,17,19H,4,9-12H2,1-3H3,(H,20,21). The maximum Gasteiger partial charge on any atom is 0.220 e. The largest absolute Gasteiger partial charge is 0.352 e. The summed E-state index contributed by atoms with van der Waals surface area (Å²) in [7, 11) is 0. The van der Waals surface area contributed by atoms with Crippen LogP contribution >= 0.6 is 0 Å². The van der Waals surface area contributed by atoms with E-state index in [0.29, 0.717) is 18.3 Å². The lowest BCUT2D eigenvalue weighted by molar-refractivity contribution is -0.122. The van der Waals surface area contributed by atoms with Crippen molar-refractivity contribution in [2.75, 3.05) is 13.1 Å². The number of nitrogens with one attached hydrogen (secondary N) is 2. The van der Waals surface area contributed by atoms with E-state index in [2.05, 4.69) is 55.7 Å². The van der Waals surface area contributed by atoms with Gasteiger partial charge in [-0.05, 0) is 43.7 Å². The second-order valence-corrected chi connectivity index (χ2v) is 6.36. The van der Waals surface area contributed by atoms with Crippen LogP contribution in [0.15, 0.2) is 24.3 Å². The molecule has 2 rings (SSSR count). The van der Waals surface area contributed by atoms with Crippen molar-refractivity contribution in [3.63, 3.8) is 0 Å². The number of carbonyl (C=O) groups excluding carboxylic acids is 1. The van der Waals surface area contributed by atoms with Gasteiger partial charge in [-0.2, -0.15) is 0 Å². The van der Waals surface area contributed by atoms with Crippen LogP contribution in [0.3, 0.4) is 0 Å². The van der Waals surface area contributed by atoms with Crippen LogP contribution in [0.1, 0.15) is 50.2 Å². The van der Waals surface area contributed by atoms with Crippen molar-refractivity contribution in [2.45, 2.75) is 52.0 Å². The molecular weight excluding hydrogens is 260 g/mol. The molecule has 0 aliphatic carbocycles. The van der Waals surface area contributed by atoms with Crippen molar-refractivity contribution in [1.29, 1.82) is 0 Å². The van der Waals surface area contributed by atoms with Crippen LogP contribution in [-0.2, 0) is 4.79 Å². The lowest BCUT2D eigenvalue weighted by Crippen LogP contribution is -2.50. The summed E-state index contributed by atoms with van der Waals surface area (Å²) in [6.45, 7) is 8.43. The fourth-order valence-electron chi connectivity index (χ4n) is 3.01. The lowest BCUT2D eigenvalue weighted by atomic mass is 9.91. The van der Waals surface area contributed by atoms with Crippen molar-refractivity contribution >= 4 is 5.91 Å². The van der Waals surface area contributed by atoms with Crippen molar-refractivity contribution in [3.8, 4) is 0 Å². The Morgan fingerprint density at radius 1 is 1.38 bits per heavy atom. The fourth-order valence-corrected chi connectivity index (χ4v) is 3.01. The zero-order chi connectivity index (χ0) is 15.2. The first-order valence-corrected chi connectivity index (χ1v) is 8.16. The third kappa shape index (κ3) is 4.57. The molecule has 1 saturated heterocycles. The highest BCUT2D eigenvalue weighted by Crippen LogP contribution is 2.24. The maximum absolute atomic E-state index is 12.3. The van der Waals surface area contributed by atoms with E-state index in [0.717, 1.165) is 25.9 Å². The van der Waals surface area contributed by atoms with Crippen LogP contribution < -0.4 is 10.6 Å². The van der Waals surface area contributed by atoms with Crippen LogP contribution in [0.5, 0.6) is 0 Å². The third-order valence-corrected chi connectivity index (χ3v) is 4.65. The van der Waals surface area contributed by atoms with E-state index >= 15 is 0 Å². The number of benzene rings is 1. The Morgan fingerprint density at radius 2 is 2.10 bits per heavy atom. The highest BCUT2D eigenvalue weighted by Gasteiger charge is 2.23. The van der Waals surface area contributed by atoms with Gasteiger partial charge in [0.15, 0.2) is 0 Å². The van der Waals surface area contributed by atoms with Crippen LogP contribution in [0.4, 0.5) is 0 Å². The van der Waals surface area contributed by atoms with E-state index < -0.39 is 0 Å². The lowest BCUT2D eigenvalue weighted by Gasteiger charge is -2.30. The number of piperidine rings is 1. The van der Waals surface area contributed by atoms with Crippen LogP contribution in [0, 0.1) is 12.8 Å². The summed E-state index contributed by atoms with van der Waals surface area (Å²) in [5.74, 6) is 1.06. The summed E-state index contributed by atoms with van der Waals surface area (Å²) in [6.07, 6.45) is 2.72. The van der Waals surface area contributed by atoms with Crippen molar-refractivity contribution < 1.29 is 4.79 Å². The summed E-state index contributed by atoms with van der Waals surface area (Å²) in [6, 6.07) is 8.84. The van der Waals surface area contributed by atoms with Gasteiger partial charge in [0.1, 0.15) is 0 Å². The Morgan fingerprint density at radius 3 is 2.71 bits per heavy atom. The Kier molecular flexibility index (Phi) is 5.80. The van der Waals surface area contributed by atoms with Gasteiger partial charge in [-0.15, -0.1) is 0 Å². The Balaban J connectivity index is 1.91. The second-order valence-electron chi connectivity index (χ2n) is 6.36. The predicted octanol–water partition coefficient (Wildman–Crippen LogP) is 2.99. The molecule has 0 saturated carbocycles. The molecule has 1 aromatic rings. The molecule has 0 spiro atoms. The first kappa shape index (κ1) is 16.0. The van der Waals surface area contributed by atoms with Gasteiger partial charge in [0.2, 0.25) is 5.91 Å². The molecule has 3 atom stereocenters. The Bertz CT molecular complexity index is 455. The second kappa shape index (κ2) is 7.60. The van der Waals surface area contributed by atoms with Gasteiger partial charge in [0.05, 0.1) is 0 Å². The average molecular weight is 288 g/mol. The number of hydrogen-bond donors (Lipinski definition) is 2. The van der Waals surface area contributed by atoms with Gasteiger partial charge >= 0.3 is 0 Å². The summed E-state index contributed by atoms with van der Waals surface area (Å²) in [4.78, 5) is 12.3. The van der Waals surface area contributed by atoms with Crippen LogP contribution in [0.25, 0.3) is 0 Å². The molecule has 1 aliphatic rings. The normalized spacial score (nSPS) is 23.6. The molecule has 3 unspecified atom stereocenters. The molecule has 2 N–H and O–H groups in total. The fraction of sp³-hybridized carbons (Fsp3) is 0.611. The number of aryl methyl sites for hydroxylation is 1. The van der Waals surface area contributed by atoms with Crippen LogP contribution in [-0.4, -0.2) is 25.0 Å². The molecule has 3 heteroatoms.